The molecule has 0 saturated carbocycles. The molecule has 0 aromatic carbocycles. The van der Waals surface area contributed by atoms with Crippen LogP contribution in [0, 0.1) is 13.8 Å². The number of pyridine rings is 1. The van der Waals surface area contributed by atoms with Crippen molar-refractivity contribution in [3.63, 3.8) is 0 Å². The predicted molar refractivity (Wildman–Crippen MR) is 114 cm³/mol. The van der Waals surface area contributed by atoms with Gasteiger partial charge in [0.2, 0.25) is 5.82 Å². The lowest BCUT2D eigenvalue weighted by atomic mass is 10.1. The summed E-state index contributed by atoms with van der Waals surface area (Å²) in [4.78, 5) is 17.4. The van der Waals surface area contributed by atoms with E-state index in [0.717, 1.165) is 39.4 Å². The van der Waals surface area contributed by atoms with Crippen LogP contribution in [0.1, 0.15) is 31.4 Å². The van der Waals surface area contributed by atoms with E-state index in [1.807, 2.05) is 30.7 Å². The summed E-state index contributed by atoms with van der Waals surface area (Å²) < 4.78 is 13.2. The molecule has 0 saturated heterocycles. The van der Waals surface area contributed by atoms with Crippen LogP contribution < -0.4 is 5.73 Å². The molecular formula is C21H20N8O2. The van der Waals surface area contributed by atoms with Gasteiger partial charge in [-0.2, -0.15) is 10.1 Å². The van der Waals surface area contributed by atoms with Crippen LogP contribution in [0.15, 0.2) is 39.8 Å². The Morgan fingerprint density at radius 2 is 1.87 bits per heavy atom. The number of hydrogen-bond acceptors (Lipinski definition) is 9. The maximum absolute atomic E-state index is 5.94. The van der Waals surface area contributed by atoms with E-state index >= 15 is 0 Å². The van der Waals surface area contributed by atoms with Crippen molar-refractivity contribution in [2.45, 2.75) is 33.7 Å². The number of nitrogen functional groups attached to an aromatic ring is 1. The largest absolute Gasteiger partial charge is 0.466 e. The Balaban J connectivity index is 1.73. The Kier molecular flexibility index (Phi) is 4.28. The maximum atomic E-state index is 5.94. The van der Waals surface area contributed by atoms with Gasteiger partial charge in [0, 0.05) is 17.8 Å². The normalized spacial score (nSPS) is 11.6. The Labute approximate surface area is 177 Å². The molecule has 0 aliphatic rings. The molecule has 10 heteroatoms. The van der Waals surface area contributed by atoms with Gasteiger partial charge in [-0.15, -0.1) is 0 Å². The maximum Gasteiger partial charge on any atom is 0.259 e. The quantitative estimate of drug-likeness (QED) is 0.461. The Morgan fingerprint density at radius 3 is 2.58 bits per heavy atom. The molecule has 0 amide bonds. The summed E-state index contributed by atoms with van der Waals surface area (Å²) in [5.41, 5.74) is 9.53. The highest BCUT2D eigenvalue weighted by Crippen LogP contribution is 2.35. The number of rotatable bonds is 4. The monoisotopic (exact) mass is 416 g/mol. The number of nitrogens with two attached hydrogens (primary N) is 1. The van der Waals surface area contributed by atoms with E-state index in [2.05, 4.69) is 39.1 Å². The Hall–Kier alpha value is -4.08. The summed E-state index contributed by atoms with van der Waals surface area (Å²) in [6.07, 6.45) is 4.69. The Morgan fingerprint density at radius 1 is 1.03 bits per heavy atom. The summed E-state index contributed by atoms with van der Waals surface area (Å²) in [6, 6.07) is 4.00. The highest BCUT2D eigenvalue weighted by atomic mass is 16.5. The molecule has 10 nitrogen and oxygen atoms in total. The van der Waals surface area contributed by atoms with Gasteiger partial charge >= 0.3 is 0 Å². The molecule has 0 bridgehead atoms. The first-order valence-corrected chi connectivity index (χ1v) is 9.78. The van der Waals surface area contributed by atoms with Crippen molar-refractivity contribution >= 4 is 16.9 Å². The zero-order chi connectivity index (χ0) is 21.7. The van der Waals surface area contributed by atoms with Crippen LogP contribution in [-0.4, -0.2) is 34.9 Å². The standard InChI is InChI=1S/C21H20N8O2/c1-10(2)29-20-15(8-25-29)14(6-17(26-20)13-5-11(3)30-12(13)4)21-27-19(28-31-21)16-7-23-9-24-18(16)22/h5-10H,1-4H3,(H2,22,23,24). The second-order valence-corrected chi connectivity index (χ2v) is 7.55. The molecule has 0 aliphatic heterocycles. The lowest BCUT2D eigenvalue weighted by Crippen LogP contribution is -2.04. The molecule has 0 atom stereocenters. The second-order valence-electron chi connectivity index (χ2n) is 7.55. The van der Waals surface area contributed by atoms with Crippen molar-refractivity contribution in [3.8, 4) is 34.1 Å². The van der Waals surface area contributed by atoms with Gasteiger partial charge < -0.3 is 14.7 Å². The van der Waals surface area contributed by atoms with Gasteiger partial charge in [-0.3, -0.25) is 0 Å². The first kappa shape index (κ1) is 18.9. The van der Waals surface area contributed by atoms with Gasteiger partial charge in [0.05, 0.1) is 28.4 Å². The number of hydrogen-bond donors (Lipinski definition) is 1. The van der Waals surface area contributed by atoms with Crippen molar-refractivity contribution in [1.82, 2.24) is 34.9 Å². The topological polar surface area (TPSA) is 135 Å². The molecule has 31 heavy (non-hydrogen) atoms. The highest BCUT2D eigenvalue weighted by molar-refractivity contribution is 5.93. The summed E-state index contributed by atoms with van der Waals surface area (Å²) in [5, 5.41) is 9.42. The van der Waals surface area contributed by atoms with Crippen LogP contribution in [0.5, 0.6) is 0 Å². The van der Waals surface area contributed by atoms with Crippen molar-refractivity contribution in [3.05, 3.63) is 42.4 Å². The lowest BCUT2D eigenvalue weighted by Gasteiger charge is -2.09. The number of anilines is 1. The fraction of sp³-hybridized carbons (Fsp3) is 0.238. The minimum Gasteiger partial charge on any atom is -0.466 e. The van der Waals surface area contributed by atoms with Crippen LogP contribution in [0.3, 0.4) is 0 Å². The number of aryl methyl sites for hydroxylation is 2. The minimum atomic E-state index is 0.125. The summed E-state index contributed by atoms with van der Waals surface area (Å²) in [5.74, 6) is 2.51. The third kappa shape index (κ3) is 3.12. The van der Waals surface area contributed by atoms with Gasteiger partial charge in [-0.25, -0.2) is 19.6 Å². The fourth-order valence-electron chi connectivity index (χ4n) is 3.55. The van der Waals surface area contributed by atoms with E-state index in [-0.39, 0.29) is 11.9 Å². The van der Waals surface area contributed by atoms with Crippen molar-refractivity contribution in [2.24, 2.45) is 0 Å². The van der Waals surface area contributed by atoms with Crippen molar-refractivity contribution in [1.29, 1.82) is 0 Å². The van der Waals surface area contributed by atoms with E-state index in [0.29, 0.717) is 17.3 Å². The van der Waals surface area contributed by atoms with Crippen LogP contribution in [0.4, 0.5) is 5.82 Å². The van der Waals surface area contributed by atoms with Crippen molar-refractivity contribution in [2.75, 3.05) is 5.73 Å². The van der Waals surface area contributed by atoms with Crippen molar-refractivity contribution < 1.29 is 8.94 Å². The molecule has 0 aliphatic carbocycles. The van der Waals surface area contributed by atoms with Gasteiger partial charge in [-0.1, -0.05) is 5.16 Å². The molecule has 156 valence electrons. The summed E-state index contributed by atoms with van der Waals surface area (Å²) in [7, 11) is 0. The molecule has 0 unspecified atom stereocenters. The van der Waals surface area contributed by atoms with E-state index < -0.39 is 0 Å². The first-order chi connectivity index (χ1) is 14.9. The number of nitrogens with zero attached hydrogens (tertiary/aromatic N) is 7. The van der Waals surface area contributed by atoms with Crippen LogP contribution in [0.2, 0.25) is 0 Å². The van der Waals surface area contributed by atoms with Gasteiger partial charge in [0.1, 0.15) is 23.7 Å². The van der Waals surface area contributed by atoms with E-state index in [4.69, 9.17) is 19.7 Å². The smallest absolute Gasteiger partial charge is 0.259 e. The van der Waals surface area contributed by atoms with E-state index in [1.165, 1.54) is 6.33 Å². The average Bonchev–Trinajstić information content (AvgIpc) is 3.45. The number of fused-ring (bicyclic) bond motifs is 1. The molecule has 5 aromatic rings. The molecule has 5 rings (SSSR count). The fourth-order valence-corrected chi connectivity index (χ4v) is 3.55. The van der Waals surface area contributed by atoms with Gasteiger partial charge in [-0.05, 0) is 39.8 Å². The third-order valence-corrected chi connectivity index (χ3v) is 5.01. The molecule has 0 radical (unpaired) electrons. The third-order valence-electron chi connectivity index (χ3n) is 5.01. The number of furan rings is 1. The molecule has 5 aromatic heterocycles. The first-order valence-electron chi connectivity index (χ1n) is 9.78. The summed E-state index contributed by atoms with van der Waals surface area (Å²) in [6.45, 7) is 7.93. The summed E-state index contributed by atoms with van der Waals surface area (Å²) >= 11 is 0. The average molecular weight is 416 g/mol. The zero-order valence-corrected chi connectivity index (χ0v) is 17.5. The highest BCUT2D eigenvalue weighted by Gasteiger charge is 2.21. The lowest BCUT2D eigenvalue weighted by molar-refractivity contribution is 0.432. The SMILES string of the molecule is Cc1cc(-c2cc(-c3nc(-c4cncnc4N)no3)c3cnn(C(C)C)c3n2)c(C)o1. The molecule has 5 heterocycles. The zero-order valence-electron chi connectivity index (χ0n) is 17.5. The molecular weight excluding hydrogens is 396 g/mol. The number of aromatic nitrogens is 7. The van der Waals surface area contributed by atoms with Gasteiger partial charge in [0.25, 0.3) is 5.89 Å². The molecule has 0 fully saturated rings. The second kappa shape index (κ2) is 7.01. The predicted octanol–water partition coefficient (Wildman–Crippen LogP) is 3.98. The Bertz CT molecular complexity index is 1410. The minimum absolute atomic E-state index is 0.125. The van der Waals surface area contributed by atoms with E-state index in [9.17, 15) is 0 Å². The molecule has 0 spiro atoms. The van der Waals surface area contributed by atoms with Gasteiger partial charge in [0.15, 0.2) is 5.65 Å². The van der Waals surface area contributed by atoms with Crippen LogP contribution >= 0.6 is 0 Å². The van der Waals surface area contributed by atoms with Crippen LogP contribution in [0.25, 0.3) is 45.1 Å². The van der Waals surface area contributed by atoms with E-state index in [1.54, 1.807) is 12.4 Å². The molecule has 2 N–H and O–H groups in total. The van der Waals surface area contributed by atoms with Crippen LogP contribution in [-0.2, 0) is 0 Å².